The molecule has 0 fully saturated rings. The Bertz CT molecular complexity index is 1460. The van der Waals surface area contributed by atoms with Crippen LogP contribution in [-0.4, -0.2) is 17.3 Å². The van der Waals surface area contributed by atoms with Crippen molar-refractivity contribution in [3.05, 3.63) is 116 Å². The predicted octanol–water partition coefficient (Wildman–Crippen LogP) is 4.39. The second-order valence-electron chi connectivity index (χ2n) is 6.85. The third-order valence-electron chi connectivity index (χ3n) is 4.84. The predicted molar refractivity (Wildman–Crippen MR) is 118 cm³/mol. The Morgan fingerprint density at radius 2 is 1.58 bits per heavy atom. The smallest absolute Gasteiger partial charge is 0.268 e. The first-order valence-corrected chi connectivity index (χ1v) is 11.0. The molecule has 3 aromatic carbocycles. The van der Waals surface area contributed by atoms with Crippen molar-refractivity contribution in [2.75, 3.05) is 0 Å². The summed E-state index contributed by atoms with van der Waals surface area (Å²) in [6.45, 7) is 0. The molecular formula is C22H15ClN2O5S. The third-order valence-corrected chi connectivity index (χ3v) is 6.84. The van der Waals surface area contributed by atoms with E-state index in [1.54, 1.807) is 54.6 Å². The van der Waals surface area contributed by atoms with Crippen molar-refractivity contribution in [3.63, 3.8) is 0 Å². The van der Waals surface area contributed by atoms with Gasteiger partial charge in [0.1, 0.15) is 0 Å². The van der Waals surface area contributed by atoms with E-state index in [0.717, 1.165) is 33.8 Å². The topological polar surface area (TPSA) is 99.3 Å². The second-order valence-corrected chi connectivity index (χ2v) is 9.07. The zero-order chi connectivity index (χ0) is 22.2. The molecule has 0 atom stereocenters. The second kappa shape index (κ2) is 7.98. The molecule has 0 aliphatic rings. The first kappa shape index (κ1) is 20.8. The molecule has 4 rings (SSSR count). The van der Waals surface area contributed by atoms with Crippen molar-refractivity contribution in [2.24, 2.45) is 0 Å². The molecule has 7 nitrogen and oxygen atoms in total. The average molecular weight is 455 g/mol. The Labute approximate surface area is 182 Å². The Balaban J connectivity index is 1.94. The summed E-state index contributed by atoms with van der Waals surface area (Å²) in [4.78, 5) is 23.3. The molecule has 9 heteroatoms. The monoisotopic (exact) mass is 454 g/mol. The van der Waals surface area contributed by atoms with Crippen LogP contribution in [0.4, 0.5) is 5.69 Å². The summed E-state index contributed by atoms with van der Waals surface area (Å²) in [6.07, 6.45) is 0.170. The first-order chi connectivity index (χ1) is 14.8. The largest absolute Gasteiger partial charge is 0.272 e. The van der Waals surface area contributed by atoms with Gasteiger partial charge in [0, 0.05) is 34.7 Å². The van der Waals surface area contributed by atoms with Crippen LogP contribution in [0.15, 0.2) is 88.6 Å². The van der Waals surface area contributed by atoms with E-state index in [1.807, 2.05) is 0 Å². The van der Waals surface area contributed by atoms with Crippen LogP contribution in [-0.2, 0) is 16.4 Å². The maximum absolute atomic E-state index is 13.4. The van der Waals surface area contributed by atoms with Crippen LogP contribution in [0.25, 0.3) is 10.8 Å². The van der Waals surface area contributed by atoms with E-state index < -0.39 is 20.5 Å². The van der Waals surface area contributed by atoms with Crippen LogP contribution >= 0.6 is 11.6 Å². The molecule has 0 N–H and O–H groups in total. The highest BCUT2D eigenvalue weighted by molar-refractivity contribution is 7.90. The third kappa shape index (κ3) is 3.95. The lowest BCUT2D eigenvalue weighted by molar-refractivity contribution is -0.384. The van der Waals surface area contributed by atoms with Crippen molar-refractivity contribution in [1.82, 2.24) is 3.97 Å². The van der Waals surface area contributed by atoms with Crippen LogP contribution < -0.4 is 5.56 Å². The highest BCUT2D eigenvalue weighted by Crippen LogP contribution is 2.23. The van der Waals surface area contributed by atoms with Crippen LogP contribution in [0.5, 0.6) is 0 Å². The van der Waals surface area contributed by atoms with Gasteiger partial charge in [-0.2, -0.15) is 0 Å². The number of rotatable bonds is 5. The van der Waals surface area contributed by atoms with E-state index >= 15 is 0 Å². The van der Waals surface area contributed by atoms with E-state index in [9.17, 15) is 23.3 Å². The van der Waals surface area contributed by atoms with Crippen LogP contribution in [0, 0.1) is 10.1 Å². The normalized spacial score (nSPS) is 11.5. The van der Waals surface area contributed by atoms with Gasteiger partial charge >= 0.3 is 0 Å². The number of non-ortho nitro benzene ring substituents is 1. The molecule has 0 spiro atoms. The van der Waals surface area contributed by atoms with Crippen LogP contribution in [0.3, 0.4) is 0 Å². The summed E-state index contributed by atoms with van der Waals surface area (Å²) in [5.74, 6) is 0. The minimum atomic E-state index is -4.31. The van der Waals surface area contributed by atoms with E-state index in [1.165, 1.54) is 0 Å². The number of aromatic nitrogens is 1. The lowest BCUT2D eigenvalue weighted by Gasteiger charge is -2.15. The minimum Gasteiger partial charge on any atom is -0.268 e. The van der Waals surface area contributed by atoms with Gasteiger partial charge in [-0.1, -0.05) is 41.9 Å². The number of nitro groups is 1. The van der Waals surface area contributed by atoms with Gasteiger partial charge in [0.15, 0.2) is 0 Å². The summed E-state index contributed by atoms with van der Waals surface area (Å²) in [7, 11) is -4.31. The Morgan fingerprint density at radius 1 is 0.935 bits per heavy atom. The van der Waals surface area contributed by atoms with Gasteiger partial charge in [-0.25, -0.2) is 12.4 Å². The quantitative estimate of drug-likeness (QED) is 0.329. The fraction of sp³-hybridized carbons (Fsp3) is 0.0455. The number of hydrogen-bond donors (Lipinski definition) is 0. The summed E-state index contributed by atoms with van der Waals surface area (Å²) in [6, 6.07) is 19.7. The SMILES string of the molecule is O=c1c2ccccc2cc(Cc2ccc(Cl)cc2)n1S(=O)(=O)c1ccc([N+](=O)[O-])cc1. The number of nitrogens with zero attached hydrogens (tertiary/aromatic N) is 2. The van der Waals surface area contributed by atoms with E-state index in [4.69, 9.17) is 11.6 Å². The number of benzene rings is 3. The van der Waals surface area contributed by atoms with Gasteiger partial charge in [0.2, 0.25) is 0 Å². The van der Waals surface area contributed by atoms with Crippen molar-refractivity contribution in [2.45, 2.75) is 11.3 Å². The van der Waals surface area contributed by atoms with Crippen molar-refractivity contribution < 1.29 is 13.3 Å². The van der Waals surface area contributed by atoms with E-state index in [-0.39, 0.29) is 28.1 Å². The maximum Gasteiger partial charge on any atom is 0.272 e. The van der Waals surface area contributed by atoms with Crippen molar-refractivity contribution in [3.8, 4) is 0 Å². The van der Waals surface area contributed by atoms with Gasteiger partial charge in [-0.15, -0.1) is 0 Å². The molecule has 0 bridgehead atoms. The number of nitro benzene ring substituents is 1. The molecule has 156 valence electrons. The van der Waals surface area contributed by atoms with Gasteiger partial charge < -0.3 is 0 Å². The van der Waals surface area contributed by atoms with E-state index in [2.05, 4.69) is 0 Å². The molecule has 0 radical (unpaired) electrons. The Morgan fingerprint density at radius 3 is 2.23 bits per heavy atom. The summed E-state index contributed by atoms with van der Waals surface area (Å²) < 4.78 is 27.6. The molecule has 0 saturated heterocycles. The zero-order valence-electron chi connectivity index (χ0n) is 15.9. The lowest BCUT2D eigenvalue weighted by atomic mass is 10.1. The first-order valence-electron chi connectivity index (χ1n) is 9.15. The number of fused-ring (bicyclic) bond motifs is 1. The molecule has 4 aromatic rings. The summed E-state index contributed by atoms with van der Waals surface area (Å²) in [5, 5.41) is 12.3. The number of halogens is 1. The van der Waals surface area contributed by atoms with Gasteiger partial charge in [-0.05, 0) is 47.3 Å². The van der Waals surface area contributed by atoms with Crippen LogP contribution in [0.2, 0.25) is 5.02 Å². The van der Waals surface area contributed by atoms with Gasteiger partial charge in [0.05, 0.1) is 9.82 Å². The summed E-state index contributed by atoms with van der Waals surface area (Å²) >= 11 is 5.94. The van der Waals surface area contributed by atoms with Crippen molar-refractivity contribution >= 4 is 38.1 Å². The summed E-state index contributed by atoms with van der Waals surface area (Å²) in [5.41, 5.74) is 0.114. The Kier molecular flexibility index (Phi) is 5.34. The molecule has 0 saturated carbocycles. The molecule has 31 heavy (non-hydrogen) atoms. The zero-order valence-corrected chi connectivity index (χ0v) is 17.5. The van der Waals surface area contributed by atoms with Gasteiger partial charge in [0.25, 0.3) is 21.3 Å². The highest BCUT2D eigenvalue weighted by atomic mass is 35.5. The van der Waals surface area contributed by atoms with Crippen molar-refractivity contribution in [1.29, 1.82) is 0 Å². The standard InChI is InChI=1S/C22H15ClN2O5S/c23-17-7-5-15(6-8-17)13-19-14-16-3-1-2-4-21(16)22(26)24(19)31(29,30)20-11-9-18(10-12-20)25(27)28/h1-12,14H,13H2. The Hall–Kier alpha value is -3.49. The fourth-order valence-electron chi connectivity index (χ4n) is 3.34. The lowest BCUT2D eigenvalue weighted by Crippen LogP contribution is -2.30. The average Bonchev–Trinajstić information content (AvgIpc) is 2.75. The molecule has 1 aromatic heterocycles. The number of hydrogen-bond acceptors (Lipinski definition) is 5. The molecule has 0 aliphatic carbocycles. The number of pyridine rings is 1. The van der Waals surface area contributed by atoms with E-state index in [0.29, 0.717) is 10.4 Å². The molecule has 0 amide bonds. The van der Waals surface area contributed by atoms with Gasteiger partial charge in [-0.3, -0.25) is 14.9 Å². The van der Waals surface area contributed by atoms with Crippen LogP contribution in [0.1, 0.15) is 11.3 Å². The molecular weight excluding hydrogens is 440 g/mol. The fourth-order valence-corrected chi connectivity index (χ4v) is 4.90. The molecule has 0 aliphatic heterocycles. The highest BCUT2D eigenvalue weighted by Gasteiger charge is 2.24. The molecule has 1 heterocycles. The minimum absolute atomic E-state index is 0.170. The molecule has 0 unspecified atom stereocenters. The maximum atomic E-state index is 13.4.